The lowest BCUT2D eigenvalue weighted by Crippen LogP contribution is -2.45. The summed E-state index contributed by atoms with van der Waals surface area (Å²) in [5.74, 6) is -1.67. The third kappa shape index (κ3) is 1.93. The van der Waals surface area contributed by atoms with E-state index in [2.05, 4.69) is 0 Å². The Labute approximate surface area is 107 Å². The van der Waals surface area contributed by atoms with Crippen molar-refractivity contribution in [2.75, 3.05) is 0 Å². The molecule has 2 atom stereocenters. The highest BCUT2D eigenvalue weighted by Crippen LogP contribution is 2.51. The molecule has 0 saturated heterocycles. The zero-order valence-electron chi connectivity index (χ0n) is 10.7. The summed E-state index contributed by atoms with van der Waals surface area (Å²) in [6, 6.07) is 0. The van der Waals surface area contributed by atoms with Crippen molar-refractivity contribution in [2.45, 2.75) is 45.4 Å². The average Bonchev–Trinajstić information content (AvgIpc) is 2.82. The van der Waals surface area contributed by atoms with Crippen LogP contribution >= 0.6 is 0 Å². The van der Waals surface area contributed by atoms with Gasteiger partial charge in [0, 0.05) is 0 Å². The van der Waals surface area contributed by atoms with Crippen LogP contribution in [0.2, 0.25) is 0 Å². The zero-order valence-corrected chi connectivity index (χ0v) is 10.7. The molecule has 100 valence electrons. The maximum atomic E-state index is 11.7. The van der Waals surface area contributed by atoms with Gasteiger partial charge in [0.15, 0.2) is 0 Å². The van der Waals surface area contributed by atoms with E-state index in [1.54, 1.807) is 19.1 Å². The van der Waals surface area contributed by atoms with E-state index in [9.17, 15) is 19.8 Å². The minimum absolute atomic E-state index is 0.0882. The van der Waals surface area contributed by atoms with E-state index in [0.717, 1.165) is 25.7 Å². The molecule has 1 saturated carbocycles. The summed E-state index contributed by atoms with van der Waals surface area (Å²) in [6.45, 7) is 1.66. The van der Waals surface area contributed by atoms with E-state index in [-0.39, 0.29) is 12.3 Å². The first kappa shape index (κ1) is 13.1. The molecular weight excluding hydrogens is 232 g/mol. The number of carboxylic acids is 2. The predicted molar refractivity (Wildman–Crippen MR) is 66.1 cm³/mol. The van der Waals surface area contributed by atoms with E-state index in [1.807, 2.05) is 0 Å². The van der Waals surface area contributed by atoms with Crippen molar-refractivity contribution >= 4 is 11.9 Å². The average molecular weight is 252 g/mol. The second kappa shape index (κ2) is 4.41. The van der Waals surface area contributed by atoms with Crippen LogP contribution in [-0.4, -0.2) is 22.2 Å². The molecular formula is C14H20O4. The SMILES string of the molecule is CC1(C(=O)O)CC=CC(C(=O)O)(C2CCCC2)C1. The number of hydrogen-bond donors (Lipinski definition) is 2. The van der Waals surface area contributed by atoms with E-state index < -0.39 is 22.8 Å². The highest BCUT2D eigenvalue weighted by atomic mass is 16.4. The summed E-state index contributed by atoms with van der Waals surface area (Å²) in [5, 5.41) is 18.9. The Hall–Kier alpha value is -1.32. The molecule has 0 spiro atoms. The predicted octanol–water partition coefficient (Wildman–Crippen LogP) is 2.69. The lowest BCUT2D eigenvalue weighted by atomic mass is 9.60. The van der Waals surface area contributed by atoms with E-state index in [0.29, 0.717) is 6.42 Å². The topological polar surface area (TPSA) is 74.6 Å². The fraction of sp³-hybridized carbons (Fsp3) is 0.714. The zero-order chi connectivity index (χ0) is 13.4. The Morgan fingerprint density at radius 2 is 1.78 bits per heavy atom. The number of allylic oxidation sites excluding steroid dienone is 1. The highest BCUT2D eigenvalue weighted by molar-refractivity contribution is 5.81. The Morgan fingerprint density at radius 1 is 1.17 bits per heavy atom. The summed E-state index contributed by atoms with van der Waals surface area (Å²) in [6.07, 6.45) is 8.04. The van der Waals surface area contributed by atoms with Gasteiger partial charge in [-0.3, -0.25) is 9.59 Å². The molecule has 0 aromatic rings. The highest BCUT2D eigenvalue weighted by Gasteiger charge is 2.52. The van der Waals surface area contributed by atoms with Crippen molar-refractivity contribution in [2.24, 2.45) is 16.7 Å². The van der Waals surface area contributed by atoms with Gasteiger partial charge in [0.2, 0.25) is 0 Å². The minimum Gasteiger partial charge on any atom is -0.481 e. The van der Waals surface area contributed by atoms with Crippen LogP contribution < -0.4 is 0 Å². The van der Waals surface area contributed by atoms with Gasteiger partial charge in [-0.1, -0.05) is 25.0 Å². The van der Waals surface area contributed by atoms with E-state index in [4.69, 9.17) is 0 Å². The minimum atomic E-state index is -0.970. The summed E-state index contributed by atoms with van der Waals surface area (Å²) < 4.78 is 0. The van der Waals surface area contributed by atoms with Crippen molar-refractivity contribution in [3.05, 3.63) is 12.2 Å². The van der Waals surface area contributed by atoms with Gasteiger partial charge >= 0.3 is 11.9 Å². The van der Waals surface area contributed by atoms with Crippen molar-refractivity contribution in [1.82, 2.24) is 0 Å². The Balaban J connectivity index is 2.36. The summed E-state index contributed by atoms with van der Waals surface area (Å²) in [4.78, 5) is 23.1. The fourth-order valence-electron chi connectivity index (χ4n) is 3.51. The molecule has 0 bridgehead atoms. The number of aliphatic carboxylic acids is 2. The van der Waals surface area contributed by atoms with Gasteiger partial charge in [0.25, 0.3) is 0 Å². The summed E-state index contributed by atoms with van der Waals surface area (Å²) in [7, 11) is 0. The lowest BCUT2D eigenvalue weighted by molar-refractivity contribution is -0.158. The Kier molecular flexibility index (Phi) is 3.21. The van der Waals surface area contributed by atoms with Gasteiger partial charge in [-0.2, -0.15) is 0 Å². The lowest BCUT2D eigenvalue weighted by Gasteiger charge is -2.41. The third-order valence-electron chi connectivity index (χ3n) is 4.66. The normalized spacial score (nSPS) is 36.7. The van der Waals surface area contributed by atoms with Crippen LogP contribution in [0, 0.1) is 16.7 Å². The monoisotopic (exact) mass is 252 g/mol. The van der Waals surface area contributed by atoms with Crippen molar-refractivity contribution in [3.8, 4) is 0 Å². The van der Waals surface area contributed by atoms with Gasteiger partial charge in [0.1, 0.15) is 0 Å². The molecule has 0 heterocycles. The van der Waals surface area contributed by atoms with E-state index in [1.165, 1.54) is 0 Å². The quantitative estimate of drug-likeness (QED) is 0.757. The second-order valence-corrected chi connectivity index (χ2v) is 5.98. The van der Waals surface area contributed by atoms with E-state index >= 15 is 0 Å². The molecule has 0 aliphatic heterocycles. The second-order valence-electron chi connectivity index (χ2n) is 5.98. The van der Waals surface area contributed by atoms with Crippen LogP contribution in [0.3, 0.4) is 0 Å². The number of hydrogen-bond acceptors (Lipinski definition) is 2. The van der Waals surface area contributed by atoms with Crippen molar-refractivity contribution in [1.29, 1.82) is 0 Å². The maximum Gasteiger partial charge on any atom is 0.313 e. The summed E-state index contributed by atoms with van der Waals surface area (Å²) >= 11 is 0. The maximum absolute atomic E-state index is 11.7. The van der Waals surface area contributed by atoms with Crippen LogP contribution in [0.4, 0.5) is 0 Å². The molecule has 2 aliphatic carbocycles. The molecule has 2 unspecified atom stereocenters. The largest absolute Gasteiger partial charge is 0.481 e. The van der Waals surface area contributed by atoms with Crippen LogP contribution in [-0.2, 0) is 9.59 Å². The van der Waals surface area contributed by atoms with Crippen molar-refractivity contribution in [3.63, 3.8) is 0 Å². The number of carbonyl (C=O) groups is 2. The first-order valence-electron chi connectivity index (χ1n) is 6.55. The Bertz CT molecular complexity index is 395. The van der Waals surface area contributed by atoms with Crippen LogP contribution in [0.1, 0.15) is 45.4 Å². The molecule has 2 rings (SSSR count). The molecule has 18 heavy (non-hydrogen) atoms. The molecule has 0 radical (unpaired) electrons. The molecule has 2 N–H and O–H groups in total. The third-order valence-corrected chi connectivity index (χ3v) is 4.66. The number of rotatable bonds is 3. The van der Waals surface area contributed by atoms with Crippen LogP contribution in [0.15, 0.2) is 12.2 Å². The fourth-order valence-corrected chi connectivity index (χ4v) is 3.51. The molecule has 4 nitrogen and oxygen atoms in total. The smallest absolute Gasteiger partial charge is 0.313 e. The first-order valence-corrected chi connectivity index (χ1v) is 6.55. The molecule has 0 aromatic heterocycles. The first-order chi connectivity index (χ1) is 8.41. The summed E-state index contributed by atoms with van der Waals surface area (Å²) in [5.41, 5.74) is -1.92. The van der Waals surface area contributed by atoms with Crippen LogP contribution in [0.5, 0.6) is 0 Å². The molecule has 2 aliphatic rings. The Morgan fingerprint density at radius 3 is 2.28 bits per heavy atom. The van der Waals surface area contributed by atoms with Gasteiger partial charge in [-0.05, 0) is 38.5 Å². The molecule has 0 aromatic carbocycles. The van der Waals surface area contributed by atoms with Crippen molar-refractivity contribution < 1.29 is 19.8 Å². The van der Waals surface area contributed by atoms with Crippen LogP contribution in [0.25, 0.3) is 0 Å². The molecule has 0 amide bonds. The van der Waals surface area contributed by atoms with Gasteiger partial charge in [0.05, 0.1) is 10.8 Å². The van der Waals surface area contributed by atoms with Gasteiger partial charge < -0.3 is 10.2 Å². The standard InChI is InChI=1S/C14H20O4/c1-13(11(15)16)7-4-8-14(9-13,12(17)18)10-5-2-3-6-10/h4,8,10H,2-3,5-7,9H2,1H3,(H,15,16)(H,17,18). The van der Waals surface area contributed by atoms with Gasteiger partial charge in [-0.25, -0.2) is 0 Å². The molecule has 4 heteroatoms. The van der Waals surface area contributed by atoms with Gasteiger partial charge in [-0.15, -0.1) is 0 Å². The molecule has 1 fully saturated rings. The number of carboxylic acid groups (broad SMARTS) is 2.